The summed E-state index contributed by atoms with van der Waals surface area (Å²) in [7, 11) is 0. The average molecular weight is 307 g/mol. The number of aromatic nitrogens is 4. The number of carbonyl (C=O) groups excluding carboxylic acids is 2. The van der Waals surface area contributed by atoms with Gasteiger partial charge in [0.05, 0.1) is 5.02 Å². The number of imide groups is 1. The fourth-order valence-corrected chi connectivity index (χ4v) is 2.20. The highest BCUT2D eigenvalue weighted by Gasteiger charge is 2.26. The van der Waals surface area contributed by atoms with Crippen molar-refractivity contribution in [3.63, 3.8) is 0 Å². The fraction of sp³-hybridized carbons (Fsp3) is 0.250. The smallest absolute Gasteiger partial charge is 0.324 e. The molecule has 108 valence electrons. The van der Waals surface area contributed by atoms with Gasteiger partial charge in [-0.25, -0.2) is 4.79 Å². The van der Waals surface area contributed by atoms with Crippen LogP contribution in [0.15, 0.2) is 24.3 Å². The quantitative estimate of drug-likeness (QED) is 0.893. The Labute approximate surface area is 124 Å². The Kier molecular flexibility index (Phi) is 3.53. The lowest BCUT2D eigenvalue weighted by Gasteiger charge is -2.10. The van der Waals surface area contributed by atoms with Crippen molar-refractivity contribution in [3.05, 3.63) is 29.3 Å². The first kappa shape index (κ1) is 13.5. The molecule has 0 aliphatic carbocycles. The molecule has 1 saturated heterocycles. The van der Waals surface area contributed by atoms with Crippen molar-refractivity contribution < 1.29 is 9.59 Å². The maximum atomic E-state index is 11.9. The fourth-order valence-electron chi connectivity index (χ4n) is 1.98. The van der Waals surface area contributed by atoms with Crippen LogP contribution >= 0.6 is 11.6 Å². The number of nitrogens with zero attached hydrogens (tertiary/aromatic N) is 5. The maximum absolute atomic E-state index is 11.9. The number of hydrogen-bond acceptors (Lipinski definition) is 5. The van der Waals surface area contributed by atoms with Crippen LogP contribution in [0.4, 0.5) is 4.79 Å². The molecule has 0 radical (unpaired) electrons. The minimum Gasteiger partial charge on any atom is -0.336 e. The van der Waals surface area contributed by atoms with Gasteiger partial charge in [0.2, 0.25) is 5.82 Å². The van der Waals surface area contributed by atoms with E-state index in [0.717, 1.165) is 9.70 Å². The number of carbonyl (C=O) groups is 2. The van der Waals surface area contributed by atoms with E-state index in [-0.39, 0.29) is 12.5 Å². The number of halogens is 1. The predicted octanol–water partition coefficient (Wildman–Crippen LogP) is 0.545. The Morgan fingerprint density at radius 3 is 2.90 bits per heavy atom. The molecule has 2 heterocycles. The van der Waals surface area contributed by atoms with Gasteiger partial charge < -0.3 is 5.32 Å². The second-order valence-electron chi connectivity index (χ2n) is 4.40. The van der Waals surface area contributed by atoms with Gasteiger partial charge in [-0.15, -0.1) is 10.2 Å². The van der Waals surface area contributed by atoms with E-state index >= 15 is 0 Å². The molecule has 1 N–H and O–H groups in total. The van der Waals surface area contributed by atoms with E-state index in [2.05, 4.69) is 20.7 Å². The number of benzene rings is 1. The lowest BCUT2D eigenvalue weighted by Crippen LogP contribution is -2.37. The lowest BCUT2D eigenvalue weighted by molar-refractivity contribution is -0.128. The van der Waals surface area contributed by atoms with Crippen LogP contribution in [0.1, 0.15) is 0 Å². The highest BCUT2D eigenvalue weighted by Crippen LogP contribution is 2.23. The van der Waals surface area contributed by atoms with E-state index in [4.69, 9.17) is 11.6 Å². The topological polar surface area (TPSA) is 93.0 Å². The van der Waals surface area contributed by atoms with E-state index in [1.807, 2.05) is 6.07 Å². The lowest BCUT2D eigenvalue weighted by atomic mass is 10.2. The van der Waals surface area contributed by atoms with Gasteiger partial charge >= 0.3 is 6.03 Å². The summed E-state index contributed by atoms with van der Waals surface area (Å²) in [6.45, 7) is 0.662. The molecule has 21 heavy (non-hydrogen) atoms. The molecule has 0 bridgehead atoms. The van der Waals surface area contributed by atoms with Crippen molar-refractivity contribution in [2.24, 2.45) is 0 Å². The van der Waals surface area contributed by atoms with Gasteiger partial charge in [-0.2, -0.15) is 4.80 Å². The molecule has 9 heteroatoms. The number of hydrogen-bond donors (Lipinski definition) is 1. The largest absolute Gasteiger partial charge is 0.336 e. The third-order valence-electron chi connectivity index (χ3n) is 3.00. The molecule has 1 aliphatic rings. The molecular weight excluding hydrogens is 296 g/mol. The molecule has 0 saturated carbocycles. The van der Waals surface area contributed by atoms with Gasteiger partial charge in [-0.05, 0) is 17.3 Å². The zero-order valence-corrected chi connectivity index (χ0v) is 11.6. The van der Waals surface area contributed by atoms with Crippen molar-refractivity contribution in [1.82, 2.24) is 30.4 Å². The standard InChI is InChI=1S/C12H11ClN6O2/c13-9-4-2-1-3-8(9)11-15-17-19(16-11)7-10(20)18-6-5-14-12(18)21/h1-4H,5-7H2,(H,14,21). The highest BCUT2D eigenvalue weighted by molar-refractivity contribution is 6.33. The molecule has 3 amide bonds. The molecular formula is C12H11ClN6O2. The Morgan fingerprint density at radius 2 is 2.19 bits per heavy atom. The Hall–Kier alpha value is -2.48. The summed E-state index contributed by atoms with van der Waals surface area (Å²) in [5.41, 5.74) is 0.636. The van der Waals surface area contributed by atoms with E-state index in [9.17, 15) is 9.59 Å². The first-order valence-corrected chi connectivity index (χ1v) is 6.64. The van der Waals surface area contributed by atoms with Crippen LogP contribution in [-0.4, -0.2) is 50.1 Å². The average Bonchev–Trinajstić information content (AvgIpc) is 3.08. The number of tetrazole rings is 1. The van der Waals surface area contributed by atoms with Crippen LogP contribution in [0.5, 0.6) is 0 Å². The van der Waals surface area contributed by atoms with Crippen molar-refractivity contribution in [3.8, 4) is 11.4 Å². The van der Waals surface area contributed by atoms with Gasteiger partial charge in [0.1, 0.15) is 6.54 Å². The molecule has 0 atom stereocenters. The summed E-state index contributed by atoms with van der Waals surface area (Å²) in [6, 6.07) is 6.69. The Bertz CT molecular complexity index is 701. The number of nitrogens with one attached hydrogen (secondary N) is 1. The zero-order valence-electron chi connectivity index (χ0n) is 10.9. The van der Waals surface area contributed by atoms with E-state index in [1.54, 1.807) is 18.2 Å². The second kappa shape index (κ2) is 5.49. The zero-order chi connectivity index (χ0) is 14.8. The molecule has 1 aliphatic heterocycles. The summed E-state index contributed by atoms with van der Waals surface area (Å²) < 4.78 is 0. The number of urea groups is 1. The first-order valence-electron chi connectivity index (χ1n) is 6.26. The van der Waals surface area contributed by atoms with Crippen LogP contribution < -0.4 is 5.32 Å². The minimum atomic E-state index is -0.397. The molecule has 1 aromatic carbocycles. The van der Waals surface area contributed by atoms with Crippen LogP contribution in [0, 0.1) is 0 Å². The van der Waals surface area contributed by atoms with Gasteiger partial charge in [-0.1, -0.05) is 23.7 Å². The van der Waals surface area contributed by atoms with Gasteiger partial charge in [0.15, 0.2) is 0 Å². The summed E-state index contributed by atoms with van der Waals surface area (Å²) in [6.07, 6.45) is 0. The number of amides is 3. The van der Waals surface area contributed by atoms with Crippen molar-refractivity contribution in [2.45, 2.75) is 6.54 Å². The Morgan fingerprint density at radius 1 is 1.38 bits per heavy atom. The monoisotopic (exact) mass is 306 g/mol. The third-order valence-corrected chi connectivity index (χ3v) is 3.33. The van der Waals surface area contributed by atoms with Crippen molar-refractivity contribution in [1.29, 1.82) is 0 Å². The summed E-state index contributed by atoms with van der Waals surface area (Å²) in [5, 5.41) is 14.8. The molecule has 0 unspecified atom stereocenters. The summed E-state index contributed by atoms with van der Waals surface area (Å²) >= 11 is 6.05. The molecule has 1 fully saturated rings. The molecule has 2 aromatic rings. The molecule has 1 aromatic heterocycles. The van der Waals surface area contributed by atoms with Crippen LogP contribution in [-0.2, 0) is 11.3 Å². The van der Waals surface area contributed by atoms with E-state index in [1.165, 1.54) is 0 Å². The molecule has 3 rings (SSSR count). The van der Waals surface area contributed by atoms with E-state index in [0.29, 0.717) is 29.5 Å². The number of rotatable bonds is 3. The predicted molar refractivity (Wildman–Crippen MR) is 73.4 cm³/mol. The van der Waals surface area contributed by atoms with Gasteiger partial charge in [0.25, 0.3) is 5.91 Å². The van der Waals surface area contributed by atoms with Crippen LogP contribution in [0.3, 0.4) is 0 Å². The second-order valence-corrected chi connectivity index (χ2v) is 4.81. The third kappa shape index (κ3) is 2.70. The molecule has 0 spiro atoms. The normalized spacial score (nSPS) is 14.3. The summed E-state index contributed by atoms with van der Waals surface area (Å²) in [5.74, 6) is -0.0487. The first-order chi connectivity index (χ1) is 10.1. The van der Waals surface area contributed by atoms with Crippen molar-refractivity contribution >= 4 is 23.5 Å². The summed E-state index contributed by atoms with van der Waals surface area (Å²) in [4.78, 5) is 25.6. The van der Waals surface area contributed by atoms with Crippen LogP contribution in [0.25, 0.3) is 11.4 Å². The van der Waals surface area contributed by atoms with Crippen molar-refractivity contribution in [2.75, 3.05) is 13.1 Å². The van der Waals surface area contributed by atoms with E-state index < -0.39 is 6.03 Å². The van der Waals surface area contributed by atoms with Gasteiger partial charge in [-0.3, -0.25) is 9.69 Å². The minimum absolute atomic E-state index is 0.148. The maximum Gasteiger partial charge on any atom is 0.324 e. The van der Waals surface area contributed by atoms with Gasteiger partial charge in [0, 0.05) is 18.7 Å². The SMILES string of the molecule is O=C(Cn1nnc(-c2ccccc2Cl)n1)N1CCNC1=O. The molecule has 8 nitrogen and oxygen atoms in total. The highest BCUT2D eigenvalue weighted by atomic mass is 35.5. The Balaban J connectivity index is 1.75. The van der Waals surface area contributed by atoms with Crippen LogP contribution in [0.2, 0.25) is 5.02 Å².